The summed E-state index contributed by atoms with van der Waals surface area (Å²) in [5, 5.41) is 10.4. The lowest BCUT2D eigenvalue weighted by Crippen LogP contribution is -2.26. The number of aromatic carboxylic acids is 1. The minimum Gasteiger partial charge on any atom is -0.478 e. The molecular weight excluding hydrogens is 456 g/mol. The maximum atomic E-state index is 12.7. The van der Waals surface area contributed by atoms with Gasteiger partial charge in [-0.25, -0.2) is 22.9 Å². The number of hydrogen-bond acceptors (Lipinski definition) is 5. The molecule has 0 atom stereocenters. The van der Waals surface area contributed by atoms with Gasteiger partial charge in [-0.1, -0.05) is 56.3 Å². The van der Waals surface area contributed by atoms with E-state index in [4.69, 9.17) is 4.98 Å². The minimum absolute atomic E-state index is 0.0103. The molecule has 0 saturated carbocycles. The van der Waals surface area contributed by atoms with Crippen LogP contribution in [-0.2, 0) is 16.4 Å². The number of nitrogens with zero attached hydrogens (tertiary/aromatic N) is 1. The third-order valence-corrected chi connectivity index (χ3v) is 7.91. The number of rotatable bonds is 8. The van der Waals surface area contributed by atoms with Gasteiger partial charge < -0.3 is 5.11 Å². The van der Waals surface area contributed by atoms with E-state index in [1.54, 1.807) is 17.4 Å². The van der Waals surface area contributed by atoms with Crippen molar-refractivity contribution in [3.8, 4) is 10.6 Å². The topological polar surface area (TPSA) is 96.4 Å². The number of carbonyl (C=O) groups is 1. The summed E-state index contributed by atoms with van der Waals surface area (Å²) in [6.07, 6.45) is 0.489. The van der Waals surface area contributed by atoms with Crippen molar-refractivity contribution in [1.29, 1.82) is 0 Å². The fourth-order valence-corrected chi connectivity index (χ4v) is 5.65. The van der Waals surface area contributed by atoms with Crippen molar-refractivity contribution in [2.45, 2.75) is 31.1 Å². The SMILES string of the molecule is CC(C)c1ccc(S(=O)(=O)NCCc2ccc3sc(-c4ccccc4)nc3c2)cc1C(=O)O. The summed E-state index contributed by atoms with van der Waals surface area (Å²) in [7, 11) is -3.83. The van der Waals surface area contributed by atoms with Gasteiger partial charge in [0.2, 0.25) is 10.0 Å². The molecule has 0 radical (unpaired) electrons. The maximum Gasteiger partial charge on any atom is 0.336 e. The molecule has 2 N–H and O–H groups in total. The van der Waals surface area contributed by atoms with Gasteiger partial charge in [0.25, 0.3) is 0 Å². The van der Waals surface area contributed by atoms with Gasteiger partial charge >= 0.3 is 5.97 Å². The number of carboxylic acids is 1. The van der Waals surface area contributed by atoms with Crippen LogP contribution in [0, 0.1) is 0 Å². The molecule has 1 aromatic heterocycles. The first-order valence-electron chi connectivity index (χ1n) is 10.6. The average Bonchev–Trinajstić information content (AvgIpc) is 3.22. The van der Waals surface area contributed by atoms with Crippen molar-refractivity contribution in [3.63, 3.8) is 0 Å². The van der Waals surface area contributed by atoms with Crippen LogP contribution >= 0.6 is 11.3 Å². The smallest absolute Gasteiger partial charge is 0.336 e. The quantitative estimate of drug-likeness (QED) is 0.356. The van der Waals surface area contributed by atoms with Crippen LogP contribution in [-0.4, -0.2) is 31.0 Å². The minimum atomic E-state index is -3.83. The fourth-order valence-electron chi connectivity index (χ4n) is 3.64. The first-order valence-corrected chi connectivity index (χ1v) is 12.9. The van der Waals surface area contributed by atoms with Crippen LogP contribution in [0.2, 0.25) is 0 Å². The summed E-state index contributed by atoms with van der Waals surface area (Å²) in [5.74, 6) is -1.16. The molecule has 0 spiro atoms. The Balaban J connectivity index is 1.47. The summed E-state index contributed by atoms with van der Waals surface area (Å²) in [6.45, 7) is 3.93. The number of benzene rings is 3. The Bertz CT molecular complexity index is 1410. The maximum absolute atomic E-state index is 12.7. The first-order chi connectivity index (χ1) is 15.7. The van der Waals surface area contributed by atoms with Gasteiger partial charge in [-0.05, 0) is 47.7 Å². The van der Waals surface area contributed by atoms with E-state index >= 15 is 0 Å². The Morgan fingerprint density at radius 3 is 2.52 bits per heavy atom. The van der Waals surface area contributed by atoms with Gasteiger partial charge in [0.1, 0.15) is 5.01 Å². The van der Waals surface area contributed by atoms with Gasteiger partial charge in [0.15, 0.2) is 0 Å². The molecule has 4 rings (SSSR count). The molecule has 0 bridgehead atoms. The highest BCUT2D eigenvalue weighted by Crippen LogP contribution is 2.30. The molecule has 3 aromatic carbocycles. The van der Waals surface area contributed by atoms with Crippen molar-refractivity contribution >= 4 is 37.5 Å². The molecule has 4 aromatic rings. The van der Waals surface area contributed by atoms with Crippen LogP contribution in [0.25, 0.3) is 20.8 Å². The second-order valence-electron chi connectivity index (χ2n) is 8.04. The molecule has 0 aliphatic carbocycles. The summed E-state index contributed by atoms with van der Waals surface area (Å²) in [4.78, 5) is 16.3. The lowest BCUT2D eigenvalue weighted by atomic mass is 9.97. The van der Waals surface area contributed by atoms with Crippen molar-refractivity contribution in [2.75, 3.05) is 6.54 Å². The van der Waals surface area contributed by atoms with E-state index in [2.05, 4.69) is 4.72 Å². The summed E-state index contributed by atoms with van der Waals surface area (Å²) >= 11 is 1.62. The molecule has 0 aliphatic heterocycles. The predicted octanol–water partition coefficient (Wildman–Crippen LogP) is 5.31. The normalized spacial score (nSPS) is 11.8. The zero-order valence-electron chi connectivity index (χ0n) is 18.3. The molecule has 0 amide bonds. The van der Waals surface area contributed by atoms with E-state index in [1.165, 1.54) is 12.1 Å². The van der Waals surface area contributed by atoms with Crippen LogP contribution < -0.4 is 4.72 Å². The monoisotopic (exact) mass is 480 g/mol. The van der Waals surface area contributed by atoms with E-state index in [-0.39, 0.29) is 22.9 Å². The lowest BCUT2D eigenvalue weighted by molar-refractivity contribution is 0.0695. The number of fused-ring (bicyclic) bond motifs is 1. The molecule has 0 fully saturated rings. The first kappa shape index (κ1) is 23.1. The average molecular weight is 481 g/mol. The van der Waals surface area contributed by atoms with E-state index in [1.807, 2.05) is 62.4 Å². The van der Waals surface area contributed by atoms with Crippen molar-refractivity contribution in [2.24, 2.45) is 0 Å². The third kappa shape index (κ3) is 5.13. The number of sulfonamides is 1. The van der Waals surface area contributed by atoms with Gasteiger partial charge in [-0.15, -0.1) is 11.3 Å². The highest BCUT2D eigenvalue weighted by molar-refractivity contribution is 7.89. The molecular formula is C25H24N2O4S2. The number of carboxylic acid groups (broad SMARTS) is 1. The van der Waals surface area contributed by atoms with E-state index < -0.39 is 16.0 Å². The molecule has 0 saturated heterocycles. The largest absolute Gasteiger partial charge is 0.478 e. The van der Waals surface area contributed by atoms with E-state index in [9.17, 15) is 18.3 Å². The van der Waals surface area contributed by atoms with Crippen LogP contribution in [0.3, 0.4) is 0 Å². The summed E-state index contributed by atoms with van der Waals surface area (Å²) in [6, 6.07) is 20.2. The predicted molar refractivity (Wildman–Crippen MR) is 131 cm³/mol. The Kier molecular flexibility index (Phi) is 6.60. The van der Waals surface area contributed by atoms with Crippen LogP contribution in [0.5, 0.6) is 0 Å². The molecule has 0 aliphatic rings. The highest BCUT2D eigenvalue weighted by Gasteiger charge is 2.20. The molecule has 33 heavy (non-hydrogen) atoms. The third-order valence-electron chi connectivity index (χ3n) is 5.37. The molecule has 1 heterocycles. The van der Waals surface area contributed by atoms with E-state index in [0.29, 0.717) is 12.0 Å². The molecule has 0 unspecified atom stereocenters. The Morgan fingerprint density at radius 2 is 1.82 bits per heavy atom. The summed E-state index contributed by atoms with van der Waals surface area (Å²) < 4.78 is 29.1. The number of thiazole rings is 1. The molecule has 170 valence electrons. The van der Waals surface area contributed by atoms with Gasteiger partial charge in [0, 0.05) is 12.1 Å². The van der Waals surface area contributed by atoms with Gasteiger partial charge in [-0.2, -0.15) is 0 Å². The van der Waals surface area contributed by atoms with E-state index in [0.717, 1.165) is 26.4 Å². The fraction of sp³-hybridized carbons (Fsp3) is 0.200. The highest BCUT2D eigenvalue weighted by atomic mass is 32.2. The summed E-state index contributed by atoms with van der Waals surface area (Å²) in [5.41, 5.74) is 3.53. The Labute approximate surface area is 197 Å². The second-order valence-corrected chi connectivity index (χ2v) is 10.8. The van der Waals surface area contributed by atoms with Gasteiger partial charge in [0.05, 0.1) is 20.7 Å². The Hall–Kier alpha value is -3.07. The zero-order chi connectivity index (χ0) is 23.6. The van der Waals surface area contributed by atoms with Gasteiger partial charge in [-0.3, -0.25) is 0 Å². The standard InChI is InChI=1S/C25H24N2O4S2/c1-16(2)20-10-9-19(15-21(20)25(28)29)33(30,31)26-13-12-17-8-11-23-22(14-17)27-24(32-23)18-6-4-3-5-7-18/h3-11,14-16,26H,12-13H2,1-2H3,(H,28,29). The Morgan fingerprint density at radius 1 is 1.06 bits per heavy atom. The number of nitrogens with one attached hydrogen (secondary N) is 1. The van der Waals surface area contributed by atoms with Crippen molar-refractivity contribution < 1.29 is 18.3 Å². The number of aromatic nitrogens is 1. The van der Waals surface area contributed by atoms with Crippen LogP contribution in [0.4, 0.5) is 0 Å². The molecule has 8 heteroatoms. The lowest BCUT2D eigenvalue weighted by Gasteiger charge is -2.12. The second kappa shape index (κ2) is 9.43. The zero-order valence-corrected chi connectivity index (χ0v) is 19.9. The van der Waals surface area contributed by atoms with Crippen molar-refractivity contribution in [1.82, 2.24) is 9.71 Å². The van der Waals surface area contributed by atoms with Crippen LogP contribution in [0.1, 0.15) is 41.3 Å². The van der Waals surface area contributed by atoms with Crippen molar-refractivity contribution in [3.05, 3.63) is 83.4 Å². The van der Waals surface area contributed by atoms with Crippen LogP contribution in [0.15, 0.2) is 71.6 Å². The number of hydrogen-bond donors (Lipinski definition) is 2. The molecule has 6 nitrogen and oxygen atoms in total.